The summed E-state index contributed by atoms with van der Waals surface area (Å²) in [5, 5.41) is 12.2. The van der Waals surface area contributed by atoms with Crippen molar-refractivity contribution in [3.8, 4) is 5.75 Å². The van der Waals surface area contributed by atoms with Gasteiger partial charge in [0.05, 0.1) is 12.8 Å². The molecule has 0 aliphatic rings. The number of amides is 2. The van der Waals surface area contributed by atoms with E-state index in [1.54, 1.807) is 18.2 Å². The molecule has 2 rings (SSSR count). The third kappa shape index (κ3) is 5.96. The Morgan fingerprint density at radius 3 is 2.73 bits per heavy atom. The monoisotopic (exact) mass is 378 g/mol. The molecule has 0 radical (unpaired) electrons. The van der Waals surface area contributed by atoms with E-state index >= 15 is 0 Å². The lowest BCUT2D eigenvalue weighted by Gasteiger charge is -2.12. The number of hydrogen-bond acceptors (Lipinski definition) is 6. The molecular weight excluding hydrogens is 356 g/mol. The maximum absolute atomic E-state index is 12.0. The van der Waals surface area contributed by atoms with Gasteiger partial charge in [-0.1, -0.05) is 11.6 Å². The van der Waals surface area contributed by atoms with E-state index in [0.717, 1.165) is 18.1 Å². The van der Waals surface area contributed by atoms with Crippen molar-refractivity contribution in [2.75, 3.05) is 42.7 Å². The van der Waals surface area contributed by atoms with Crippen molar-refractivity contribution in [3.05, 3.63) is 35.0 Å². The number of rotatable bonds is 8. The largest absolute Gasteiger partial charge is 0.495 e. The molecule has 0 spiro atoms. The van der Waals surface area contributed by atoms with Gasteiger partial charge in [0.1, 0.15) is 11.6 Å². The minimum atomic E-state index is -0.356. The number of aromatic nitrogens is 2. The lowest BCUT2D eigenvalue weighted by molar-refractivity contribution is 0.252. The third-order valence-electron chi connectivity index (χ3n) is 3.32. The van der Waals surface area contributed by atoms with Crippen molar-refractivity contribution in [3.63, 3.8) is 0 Å². The zero-order chi connectivity index (χ0) is 18.9. The van der Waals surface area contributed by atoms with Crippen LogP contribution in [0.2, 0.25) is 5.02 Å². The number of urea groups is 1. The summed E-state index contributed by atoms with van der Waals surface area (Å²) in [6.07, 6.45) is 0. The Kier molecular flexibility index (Phi) is 7.28. The van der Waals surface area contributed by atoms with Gasteiger partial charge in [0.25, 0.3) is 0 Å². The van der Waals surface area contributed by atoms with Crippen LogP contribution in [0.15, 0.2) is 24.3 Å². The van der Waals surface area contributed by atoms with Gasteiger partial charge in [0, 0.05) is 36.4 Å². The molecule has 0 saturated heterocycles. The van der Waals surface area contributed by atoms with Crippen molar-refractivity contribution < 1.29 is 9.53 Å². The summed E-state index contributed by atoms with van der Waals surface area (Å²) in [6, 6.07) is 6.53. The average Bonchev–Trinajstić information content (AvgIpc) is 2.59. The van der Waals surface area contributed by atoms with Crippen LogP contribution in [0.5, 0.6) is 5.75 Å². The molecule has 0 bridgehead atoms. The van der Waals surface area contributed by atoms with Gasteiger partial charge in [0.2, 0.25) is 5.95 Å². The summed E-state index contributed by atoms with van der Waals surface area (Å²) >= 11 is 5.94. The minimum Gasteiger partial charge on any atom is -0.495 e. The van der Waals surface area contributed by atoms with Gasteiger partial charge in [-0.25, -0.2) is 9.78 Å². The highest BCUT2D eigenvalue weighted by Crippen LogP contribution is 2.27. The lowest BCUT2D eigenvalue weighted by Crippen LogP contribution is -2.33. The second kappa shape index (κ2) is 9.67. The Labute approximate surface area is 157 Å². The Bertz CT molecular complexity index is 756. The average molecular weight is 379 g/mol. The number of hydrogen-bond donors (Lipinski definition) is 4. The normalized spacial score (nSPS) is 10.2. The highest BCUT2D eigenvalue weighted by molar-refractivity contribution is 6.31. The number of carbonyl (C=O) groups is 1. The fraction of sp³-hybridized carbons (Fsp3) is 0.353. The topological polar surface area (TPSA) is 100 Å². The number of halogens is 1. The van der Waals surface area contributed by atoms with Gasteiger partial charge >= 0.3 is 6.03 Å². The maximum Gasteiger partial charge on any atom is 0.319 e. The first-order chi connectivity index (χ1) is 12.5. The number of aryl methyl sites for hydroxylation is 1. The Hall–Kier alpha value is -2.74. The van der Waals surface area contributed by atoms with E-state index in [-0.39, 0.29) is 6.03 Å². The Morgan fingerprint density at radius 2 is 2.00 bits per heavy atom. The Balaban J connectivity index is 1.81. The van der Waals surface area contributed by atoms with E-state index in [2.05, 4.69) is 31.2 Å². The zero-order valence-electron chi connectivity index (χ0n) is 15.0. The second-order valence-electron chi connectivity index (χ2n) is 5.40. The quantitative estimate of drug-likeness (QED) is 0.527. The first-order valence-corrected chi connectivity index (χ1v) is 8.61. The summed E-state index contributed by atoms with van der Waals surface area (Å²) in [5.74, 6) is 1.81. The van der Waals surface area contributed by atoms with Crippen LogP contribution >= 0.6 is 11.6 Å². The fourth-order valence-corrected chi connectivity index (χ4v) is 2.39. The van der Waals surface area contributed by atoms with Crippen molar-refractivity contribution in [1.82, 2.24) is 15.3 Å². The first kappa shape index (κ1) is 19.6. The highest BCUT2D eigenvalue weighted by Gasteiger charge is 2.08. The van der Waals surface area contributed by atoms with Crippen LogP contribution in [-0.2, 0) is 0 Å². The number of nitrogens with one attached hydrogen (secondary N) is 4. The molecule has 1 heterocycles. The van der Waals surface area contributed by atoms with Crippen LogP contribution in [0.4, 0.5) is 22.2 Å². The van der Waals surface area contributed by atoms with Crippen molar-refractivity contribution in [2.45, 2.75) is 13.8 Å². The molecule has 9 heteroatoms. The summed E-state index contributed by atoms with van der Waals surface area (Å²) in [5.41, 5.74) is 1.36. The summed E-state index contributed by atoms with van der Waals surface area (Å²) in [7, 11) is 1.53. The van der Waals surface area contributed by atoms with E-state index in [9.17, 15) is 4.79 Å². The van der Waals surface area contributed by atoms with Gasteiger partial charge in [-0.05, 0) is 32.0 Å². The van der Waals surface area contributed by atoms with Gasteiger partial charge in [-0.15, -0.1) is 0 Å². The van der Waals surface area contributed by atoms with Crippen molar-refractivity contribution in [2.24, 2.45) is 0 Å². The molecule has 0 aliphatic carbocycles. The van der Waals surface area contributed by atoms with Crippen LogP contribution in [-0.4, -0.2) is 42.7 Å². The molecule has 2 aromatic rings. The lowest BCUT2D eigenvalue weighted by atomic mass is 10.3. The van der Waals surface area contributed by atoms with E-state index in [4.69, 9.17) is 16.3 Å². The summed E-state index contributed by atoms with van der Waals surface area (Å²) in [4.78, 5) is 20.7. The molecule has 1 aromatic carbocycles. The number of anilines is 3. The number of methoxy groups -OCH3 is 1. The summed E-state index contributed by atoms with van der Waals surface area (Å²) in [6.45, 7) is 5.56. The van der Waals surface area contributed by atoms with E-state index < -0.39 is 0 Å². The van der Waals surface area contributed by atoms with Crippen LogP contribution in [0, 0.1) is 6.92 Å². The van der Waals surface area contributed by atoms with E-state index in [0.29, 0.717) is 35.5 Å². The predicted octanol–water partition coefficient (Wildman–Crippen LogP) is 3.11. The predicted molar refractivity (Wildman–Crippen MR) is 104 cm³/mol. The highest BCUT2D eigenvalue weighted by atomic mass is 35.5. The standard InChI is InChI=1S/C17H23ClN6O2/c1-4-19-15-9-11(2)22-16(24-15)20-7-8-21-17(25)23-13-10-12(18)5-6-14(13)26-3/h5-6,9-10H,4,7-8H2,1-3H3,(H2,21,23,25)(H2,19,20,22,24). The van der Waals surface area contributed by atoms with Crippen LogP contribution in [0.25, 0.3) is 0 Å². The van der Waals surface area contributed by atoms with Crippen molar-refractivity contribution in [1.29, 1.82) is 0 Å². The number of nitrogens with zero attached hydrogens (tertiary/aromatic N) is 2. The van der Waals surface area contributed by atoms with Gasteiger partial charge in [-0.2, -0.15) is 4.98 Å². The molecule has 140 valence electrons. The smallest absolute Gasteiger partial charge is 0.319 e. The molecule has 0 fully saturated rings. The molecule has 0 saturated carbocycles. The maximum atomic E-state index is 12.0. The molecular formula is C17H23ClN6O2. The van der Waals surface area contributed by atoms with Crippen LogP contribution in [0.1, 0.15) is 12.6 Å². The molecule has 0 aliphatic heterocycles. The zero-order valence-corrected chi connectivity index (χ0v) is 15.8. The van der Waals surface area contributed by atoms with Crippen molar-refractivity contribution >= 4 is 35.1 Å². The fourth-order valence-electron chi connectivity index (χ4n) is 2.21. The molecule has 26 heavy (non-hydrogen) atoms. The molecule has 0 unspecified atom stereocenters. The first-order valence-electron chi connectivity index (χ1n) is 8.23. The van der Waals surface area contributed by atoms with Gasteiger partial charge in [-0.3, -0.25) is 0 Å². The summed E-state index contributed by atoms with van der Waals surface area (Å²) < 4.78 is 5.19. The number of benzene rings is 1. The second-order valence-corrected chi connectivity index (χ2v) is 5.84. The number of ether oxygens (including phenoxy) is 1. The van der Waals surface area contributed by atoms with Crippen LogP contribution < -0.4 is 26.0 Å². The molecule has 8 nitrogen and oxygen atoms in total. The van der Waals surface area contributed by atoms with E-state index in [1.165, 1.54) is 7.11 Å². The Morgan fingerprint density at radius 1 is 1.19 bits per heavy atom. The van der Waals surface area contributed by atoms with E-state index in [1.807, 2.05) is 19.9 Å². The SMILES string of the molecule is CCNc1cc(C)nc(NCCNC(=O)Nc2cc(Cl)ccc2OC)n1. The van der Waals surface area contributed by atoms with Crippen LogP contribution in [0.3, 0.4) is 0 Å². The molecule has 2 amide bonds. The van der Waals surface area contributed by atoms with Gasteiger partial charge in [0.15, 0.2) is 0 Å². The number of carbonyl (C=O) groups excluding carboxylic acids is 1. The minimum absolute atomic E-state index is 0.356. The third-order valence-corrected chi connectivity index (χ3v) is 3.55. The van der Waals surface area contributed by atoms with Gasteiger partial charge < -0.3 is 26.0 Å². The molecule has 1 aromatic heterocycles. The molecule has 0 atom stereocenters. The molecule has 4 N–H and O–H groups in total.